The van der Waals surface area contributed by atoms with Crippen LogP contribution in [0.25, 0.3) is 0 Å². The number of aromatic nitrogens is 2. The zero-order valence-corrected chi connectivity index (χ0v) is 15.4. The molecule has 2 aromatic rings. The summed E-state index contributed by atoms with van der Waals surface area (Å²) in [6.07, 6.45) is 7.17. The second kappa shape index (κ2) is 8.19. The molecular formula is C20H26N4S. The van der Waals surface area contributed by atoms with Gasteiger partial charge in [-0.2, -0.15) is 0 Å². The van der Waals surface area contributed by atoms with Gasteiger partial charge in [0.1, 0.15) is 5.03 Å². The topological polar surface area (TPSA) is 49.8 Å². The fourth-order valence-electron chi connectivity index (χ4n) is 3.64. The van der Waals surface area contributed by atoms with Gasteiger partial charge in [0.2, 0.25) is 5.95 Å². The van der Waals surface area contributed by atoms with Crippen molar-refractivity contribution >= 4 is 17.7 Å². The highest BCUT2D eigenvalue weighted by atomic mass is 32.2. The molecule has 4 rings (SSSR count). The summed E-state index contributed by atoms with van der Waals surface area (Å²) in [5, 5.41) is 8.10. The van der Waals surface area contributed by atoms with Crippen LogP contribution >= 0.6 is 11.8 Å². The Bertz CT molecular complexity index is 698. The average Bonchev–Trinajstić information content (AvgIpc) is 2.68. The lowest BCUT2D eigenvalue weighted by atomic mass is 9.97. The average molecular weight is 355 g/mol. The van der Waals surface area contributed by atoms with Gasteiger partial charge in [-0.1, -0.05) is 30.0 Å². The smallest absolute Gasteiger partial charge is 0.224 e. The minimum absolute atomic E-state index is 0.728. The molecule has 25 heavy (non-hydrogen) atoms. The molecule has 1 aromatic carbocycles. The molecule has 0 radical (unpaired) electrons. The Hall–Kier alpha value is -1.59. The van der Waals surface area contributed by atoms with Crippen LogP contribution in [-0.4, -0.2) is 29.6 Å². The van der Waals surface area contributed by atoms with E-state index >= 15 is 0 Å². The minimum atomic E-state index is 0.728. The van der Waals surface area contributed by atoms with Gasteiger partial charge in [-0.25, -0.2) is 9.97 Å². The maximum Gasteiger partial charge on any atom is 0.224 e. The molecule has 1 saturated heterocycles. The number of hydrogen-bond donors (Lipinski definition) is 2. The van der Waals surface area contributed by atoms with Crippen molar-refractivity contribution in [3.8, 4) is 0 Å². The van der Waals surface area contributed by atoms with E-state index in [2.05, 4.69) is 41.0 Å². The van der Waals surface area contributed by atoms with E-state index in [4.69, 9.17) is 9.97 Å². The van der Waals surface area contributed by atoms with E-state index in [0.717, 1.165) is 49.4 Å². The number of nitrogens with one attached hydrogen (secondary N) is 2. The second-order valence-corrected chi connectivity index (χ2v) is 8.04. The van der Waals surface area contributed by atoms with Crippen LogP contribution in [0.3, 0.4) is 0 Å². The molecule has 1 aliphatic carbocycles. The normalized spacial score (nSPS) is 17.9. The molecule has 132 valence electrons. The van der Waals surface area contributed by atoms with Crippen molar-refractivity contribution in [3.63, 3.8) is 0 Å². The van der Waals surface area contributed by atoms with Gasteiger partial charge in [-0.05, 0) is 69.7 Å². The van der Waals surface area contributed by atoms with Gasteiger partial charge in [-0.15, -0.1) is 0 Å². The van der Waals surface area contributed by atoms with E-state index < -0.39 is 0 Å². The SMILES string of the molecule is c1ccc(Sc2nc(NCC3CCNCC3)nc3c2CCCC3)cc1. The molecule has 2 aliphatic rings. The lowest BCUT2D eigenvalue weighted by molar-refractivity contribution is 0.389. The molecular weight excluding hydrogens is 328 g/mol. The van der Waals surface area contributed by atoms with E-state index in [1.807, 2.05) is 0 Å². The Kier molecular flexibility index (Phi) is 5.52. The zero-order chi connectivity index (χ0) is 16.9. The van der Waals surface area contributed by atoms with Crippen molar-refractivity contribution in [2.75, 3.05) is 25.0 Å². The third-order valence-corrected chi connectivity index (χ3v) is 6.15. The summed E-state index contributed by atoms with van der Waals surface area (Å²) in [7, 11) is 0. The summed E-state index contributed by atoms with van der Waals surface area (Å²) >= 11 is 1.78. The largest absolute Gasteiger partial charge is 0.354 e. The van der Waals surface area contributed by atoms with Crippen molar-refractivity contribution in [2.24, 2.45) is 5.92 Å². The standard InChI is InChI=1S/C20H26N4S/c1-2-6-16(7-3-1)25-19-17-8-4-5-9-18(17)23-20(24-19)22-14-15-10-12-21-13-11-15/h1-3,6-7,15,21H,4-5,8-14H2,(H,22,23,24). The van der Waals surface area contributed by atoms with Crippen LogP contribution in [0.5, 0.6) is 0 Å². The number of aryl methyl sites for hydroxylation is 1. The van der Waals surface area contributed by atoms with E-state index in [0.29, 0.717) is 0 Å². The molecule has 2 N–H and O–H groups in total. The van der Waals surface area contributed by atoms with Gasteiger partial charge >= 0.3 is 0 Å². The van der Waals surface area contributed by atoms with Crippen molar-refractivity contribution in [3.05, 3.63) is 41.6 Å². The molecule has 2 heterocycles. The van der Waals surface area contributed by atoms with Gasteiger partial charge in [-0.3, -0.25) is 0 Å². The van der Waals surface area contributed by atoms with Crippen LogP contribution < -0.4 is 10.6 Å². The Morgan fingerprint density at radius 2 is 1.84 bits per heavy atom. The van der Waals surface area contributed by atoms with Crippen molar-refractivity contribution in [1.29, 1.82) is 0 Å². The van der Waals surface area contributed by atoms with Gasteiger partial charge in [0.25, 0.3) is 0 Å². The molecule has 0 bridgehead atoms. The first-order valence-electron chi connectivity index (χ1n) is 9.46. The summed E-state index contributed by atoms with van der Waals surface area (Å²) in [6.45, 7) is 3.24. The molecule has 0 saturated carbocycles. The van der Waals surface area contributed by atoms with Crippen molar-refractivity contribution in [2.45, 2.75) is 48.4 Å². The molecule has 0 atom stereocenters. The van der Waals surface area contributed by atoms with E-state index in [9.17, 15) is 0 Å². The number of anilines is 1. The Labute approximate surface area is 154 Å². The lowest BCUT2D eigenvalue weighted by Gasteiger charge is -2.24. The van der Waals surface area contributed by atoms with Crippen LogP contribution in [0.15, 0.2) is 40.3 Å². The quantitative estimate of drug-likeness (QED) is 0.797. The first-order chi connectivity index (χ1) is 12.4. The molecule has 1 aromatic heterocycles. The highest BCUT2D eigenvalue weighted by molar-refractivity contribution is 7.99. The zero-order valence-electron chi connectivity index (χ0n) is 14.6. The van der Waals surface area contributed by atoms with Crippen molar-refractivity contribution in [1.82, 2.24) is 15.3 Å². The molecule has 5 heteroatoms. The van der Waals surface area contributed by atoms with Crippen molar-refractivity contribution < 1.29 is 0 Å². The maximum absolute atomic E-state index is 4.89. The second-order valence-electron chi connectivity index (χ2n) is 6.97. The third-order valence-electron chi connectivity index (χ3n) is 5.11. The number of piperidine rings is 1. The Balaban J connectivity index is 1.54. The molecule has 0 unspecified atom stereocenters. The lowest BCUT2D eigenvalue weighted by Crippen LogP contribution is -2.31. The van der Waals surface area contributed by atoms with Crippen LogP contribution in [0, 0.1) is 5.92 Å². The molecule has 1 fully saturated rings. The van der Waals surface area contributed by atoms with E-state index in [1.165, 1.54) is 41.8 Å². The summed E-state index contributed by atoms with van der Waals surface area (Å²) in [5.74, 6) is 1.55. The first-order valence-corrected chi connectivity index (χ1v) is 10.3. The number of rotatable bonds is 5. The number of benzene rings is 1. The summed E-state index contributed by atoms with van der Waals surface area (Å²) in [5.41, 5.74) is 2.63. The summed E-state index contributed by atoms with van der Waals surface area (Å²) in [6, 6.07) is 10.6. The van der Waals surface area contributed by atoms with Gasteiger partial charge in [0, 0.05) is 17.0 Å². The van der Waals surface area contributed by atoms with E-state index in [-0.39, 0.29) is 0 Å². The fourth-order valence-corrected chi connectivity index (χ4v) is 4.64. The monoisotopic (exact) mass is 354 g/mol. The predicted molar refractivity (Wildman–Crippen MR) is 103 cm³/mol. The molecule has 0 amide bonds. The number of nitrogens with zero attached hydrogens (tertiary/aromatic N) is 2. The summed E-state index contributed by atoms with van der Waals surface area (Å²) in [4.78, 5) is 11.0. The van der Waals surface area contributed by atoms with Gasteiger partial charge < -0.3 is 10.6 Å². The Morgan fingerprint density at radius 3 is 2.68 bits per heavy atom. The molecule has 0 spiro atoms. The predicted octanol–water partition coefficient (Wildman–Crippen LogP) is 3.92. The third kappa shape index (κ3) is 4.33. The highest BCUT2D eigenvalue weighted by Crippen LogP contribution is 2.34. The highest BCUT2D eigenvalue weighted by Gasteiger charge is 2.19. The van der Waals surface area contributed by atoms with Gasteiger partial charge in [0.15, 0.2) is 0 Å². The minimum Gasteiger partial charge on any atom is -0.354 e. The molecule has 1 aliphatic heterocycles. The van der Waals surface area contributed by atoms with Crippen LogP contribution in [0.1, 0.15) is 36.9 Å². The van der Waals surface area contributed by atoms with E-state index in [1.54, 1.807) is 11.8 Å². The first kappa shape index (κ1) is 16.9. The van der Waals surface area contributed by atoms with Crippen LogP contribution in [0.2, 0.25) is 0 Å². The fraction of sp³-hybridized carbons (Fsp3) is 0.500. The maximum atomic E-state index is 4.89. The van der Waals surface area contributed by atoms with Crippen LogP contribution in [0.4, 0.5) is 5.95 Å². The number of fused-ring (bicyclic) bond motifs is 1. The number of hydrogen-bond acceptors (Lipinski definition) is 5. The summed E-state index contributed by atoms with van der Waals surface area (Å²) < 4.78 is 0. The molecule has 4 nitrogen and oxygen atoms in total. The van der Waals surface area contributed by atoms with Crippen LogP contribution in [-0.2, 0) is 12.8 Å². The Morgan fingerprint density at radius 1 is 1.04 bits per heavy atom. The van der Waals surface area contributed by atoms with Gasteiger partial charge in [0.05, 0.1) is 5.69 Å².